The van der Waals surface area contributed by atoms with Crippen molar-refractivity contribution in [2.45, 2.75) is 51.1 Å². The topological polar surface area (TPSA) is 24.8 Å². The number of hydrogen-bond acceptors (Lipinski definition) is 1. The normalized spacial score (nSPS) is 25.8. The van der Waals surface area contributed by atoms with Crippen LogP contribution in [-0.2, 0) is 4.79 Å². The molecule has 1 aromatic carbocycles. The summed E-state index contributed by atoms with van der Waals surface area (Å²) in [6, 6.07) is 11.3. The van der Waals surface area contributed by atoms with Crippen molar-refractivity contribution in [2.75, 3.05) is 13.6 Å². The molecule has 3 nitrogen and oxygen atoms in total. The molecule has 0 aromatic heterocycles. The number of benzene rings is 1. The van der Waals surface area contributed by atoms with E-state index in [0.29, 0.717) is 12.1 Å². The monoisotopic (exact) mass is 325 g/mol. The predicted octanol–water partition coefficient (Wildman–Crippen LogP) is 2.66. The van der Waals surface area contributed by atoms with Gasteiger partial charge >= 0.3 is 0 Å². The Kier molecular flexibility index (Phi) is 5.52. The molecule has 1 amide bonds. The van der Waals surface area contributed by atoms with Gasteiger partial charge in [0.1, 0.15) is 6.04 Å². The molecule has 2 bridgehead atoms. The Bertz CT molecular complexity index is 620. The summed E-state index contributed by atoms with van der Waals surface area (Å²) in [6.07, 6.45) is 11.8. The van der Waals surface area contributed by atoms with Gasteiger partial charge in [-0.2, -0.15) is 0 Å². The molecule has 3 atom stereocenters. The van der Waals surface area contributed by atoms with Crippen molar-refractivity contribution in [2.24, 2.45) is 0 Å². The lowest BCUT2D eigenvalue weighted by Crippen LogP contribution is -3.14. The van der Waals surface area contributed by atoms with Crippen LogP contribution in [0, 0.1) is 0 Å². The van der Waals surface area contributed by atoms with E-state index in [1.807, 2.05) is 41.3 Å². The number of rotatable bonds is 6. The first-order chi connectivity index (χ1) is 11.7. The van der Waals surface area contributed by atoms with Crippen molar-refractivity contribution in [3.8, 4) is 0 Å². The van der Waals surface area contributed by atoms with Crippen LogP contribution in [0.4, 0.5) is 0 Å². The molecule has 0 spiro atoms. The molecule has 1 N–H and O–H groups in total. The summed E-state index contributed by atoms with van der Waals surface area (Å²) in [5, 5.41) is 0. The van der Waals surface area contributed by atoms with Gasteiger partial charge in [-0.1, -0.05) is 43.7 Å². The van der Waals surface area contributed by atoms with Crippen LogP contribution in [0.15, 0.2) is 48.2 Å². The maximum Gasteiger partial charge on any atom is 0.250 e. The SMILES string of the molecule is CCCCN(C(=O)/C=C/c1ccccc1)C1=C[C@H]2CC[C@H](C1)[NH+]2C. The highest BCUT2D eigenvalue weighted by Gasteiger charge is 2.39. The summed E-state index contributed by atoms with van der Waals surface area (Å²) in [5.74, 6) is 0.123. The van der Waals surface area contributed by atoms with Gasteiger partial charge in [-0.15, -0.1) is 0 Å². The molecule has 0 saturated carbocycles. The fourth-order valence-corrected chi connectivity index (χ4v) is 3.90. The maximum atomic E-state index is 12.8. The lowest BCUT2D eigenvalue weighted by atomic mass is 10.1. The van der Waals surface area contributed by atoms with E-state index in [1.165, 1.54) is 18.5 Å². The van der Waals surface area contributed by atoms with Gasteiger partial charge in [0.2, 0.25) is 0 Å². The zero-order valence-electron chi connectivity index (χ0n) is 14.9. The standard InChI is InChI=1S/C21H28N2O/c1-3-4-14-23(20-15-18-11-12-19(16-20)22(18)2)21(24)13-10-17-8-6-5-7-9-17/h5-10,13,15,18-19H,3-4,11-12,14,16H2,1-2H3/p+1/b13-10+/t18-,19-/m1/s1. The Morgan fingerprint density at radius 3 is 2.79 bits per heavy atom. The van der Waals surface area contributed by atoms with Crippen LogP contribution >= 0.6 is 0 Å². The van der Waals surface area contributed by atoms with Gasteiger partial charge in [-0.3, -0.25) is 4.79 Å². The van der Waals surface area contributed by atoms with Gasteiger partial charge in [-0.05, 0) is 24.1 Å². The zero-order chi connectivity index (χ0) is 16.9. The Hall–Kier alpha value is -1.87. The number of fused-ring (bicyclic) bond motifs is 2. The number of nitrogens with zero attached hydrogens (tertiary/aromatic N) is 1. The number of quaternary nitrogens is 1. The molecule has 1 saturated heterocycles. The molecule has 3 rings (SSSR count). The second kappa shape index (κ2) is 7.80. The van der Waals surface area contributed by atoms with E-state index in [0.717, 1.165) is 31.4 Å². The zero-order valence-corrected chi connectivity index (χ0v) is 14.9. The number of carbonyl (C=O) groups excluding carboxylic acids is 1. The van der Waals surface area contributed by atoms with E-state index in [2.05, 4.69) is 20.0 Å². The van der Waals surface area contributed by atoms with Gasteiger partial charge < -0.3 is 9.80 Å². The van der Waals surface area contributed by atoms with Crippen LogP contribution in [0.5, 0.6) is 0 Å². The molecule has 1 fully saturated rings. The summed E-state index contributed by atoms with van der Waals surface area (Å²) in [5.41, 5.74) is 2.33. The van der Waals surface area contributed by atoms with Crippen molar-refractivity contribution < 1.29 is 9.69 Å². The minimum atomic E-state index is 0.123. The fourth-order valence-electron chi connectivity index (χ4n) is 3.90. The van der Waals surface area contributed by atoms with Crippen LogP contribution in [-0.4, -0.2) is 36.5 Å². The van der Waals surface area contributed by atoms with Crippen LogP contribution < -0.4 is 4.90 Å². The highest BCUT2D eigenvalue weighted by molar-refractivity contribution is 5.93. The van der Waals surface area contributed by atoms with Crippen molar-refractivity contribution in [1.82, 2.24) is 4.90 Å². The second-order valence-corrected chi connectivity index (χ2v) is 7.07. The second-order valence-electron chi connectivity index (χ2n) is 7.07. The first-order valence-electron chi connectivity index (χ1n) is 9.27. The molecular weight excluding hydrogens is 296 g/mol. The highest BCUT2D eigenvalue weighted by atomic mass is 16.2. The van der Waals surface area contributed by atoms with Gasteiger partial charge in [0, 0.05) is 37.6 Å². The average molecular weight is 325 g/mol. The number of amides is 1. The summed E-state index contributed by atoms with van der Waals surface area (Å²) >= 11 is 0. The third-order valence-electron chi connectivity index (χ3n) is 5.47. The molecule has 128 valence electrons. The lowest BCUT2D eigenvalue weighted by molar-refractivity contribution is -0.912. The van der Waals surface area contributed by atoms with Crippen molar-refractivity contribution >= 4 is 12.0 Å². The van der Waals surface area contributed by atoms with E-state index >= 15 is 0 Å². The van der Waals surface area contributed by atoms with E-state index in [1.54, 1.807) is 11.0 Å². The maximum absolute atomic E-state index is 12.8. The van der Waals surface area contributed by atoms with Gasteiger partial charge in [-0.25, -0.2) is 0 Å². The number of likely N-dealkylation sites (N-methyl/N-ethyl adjacent to an activating group) is 1. The fraction of sp³-hybridized carbons (Fsp3) is 0.476. The Balaban J connectivity index is 1.75. The largest absolute Gasteiger partial charge is 0.329 e. The molecule has 0 aliphatic carbocycles. The minimum absolute atomic E-state index is 0.123. The summed E-state index contributed by atoms with van der Waals surface area (Å²) in [7, 11) is 2.29. The smallest absolute Gasteiger partial charge is 0.250 e. The van der Waals surface area contributed by atoms with Gasteiger partial charge in [0.15, 0.2) is 0 Å². The Morgan fingerprint density at radius 2 is 2.08 bits per heavy atom. The first-order valence-corrected chi connectivity index (χ1v) is 9.27. The molecule has 2 aliphatic heterocycles. The van der Waals surface area contributed by atoms with Gasteiger partial charge in [0.25, 0.3) is 5.91 Å². The summed E-state index contributed by atoms with van der Waals surface area (Å²) in [4.78, 5) is 16.5. The first kappa shape index (κ1) is 17.0. The van der Waals surface area contributed by atoms with Crippen LogP contribution in [0.3, 0.4) is 0 Å². The van der Waals surface area contributed by atoms with Crippen molar-refractivity contribution in [3.63, 3.8) is 0 Å². The molecule has 2 heterocycles. The third kappa shape index (κ3) is 3.78. The summed E-state index contributed by atoms with van der Waals surface area (Å²) in [6.45, 7) is 3.01. The molecule has 24 heavy (non-hydrogen) atoms. The number of unbranched alkanes of at least 4 members (excludes halogenated alkanes) is 1. The van der Waals surface area contributed by atoms with E-state index in [4.69, 9.17) is 0 Å². The van der Waals surface area contributed by atoms with Crippen molar-refractivity contribution in [1.29, 1.82) is 0 Å². The highest BCUT2D eigenvalue weighted by Crippen LogP contribution is 2.25. The minimum Gasteiger partial charge on any atom is -0.329 e. The Morgan fingerprint density at radius 1 is 1.29 bits per heavy atom. The number of nitrogens with one attached hydrogen (secondary N) is 1. The average Bonchev–Trinajstić information content (AvgIpc) is 2.82. The van der Waals surface area contributed by atoms with Crippen LogP contribution in [0.1, 0.15) is 44.6 Å². The number of carbonyl (C=O) groups is 1. The van der Waals surface area contributed by atoms with E-state index in [9.17, 15) is 4.79 Å². The van der Waals surface area contributed by atoms with Crippen molar-refractivity contribution in [3.05, 3.63) is 53.7 Å². The van der Waals surface area contributed by atoms with E-state index < -0.39 is 0 Å². The third-order valence-corrected chi connectivity index (χ3v) is 5.47. The number of hydrogen-bond donors (Lipinski definition) is 1. The quantitative estimate of drug-likeness (QED) is 0.799. The molecular formula is C21H29N2O+. The molecule has 3 heteroatoms. The van der Waals surface area contributed by atoms with Gasteiger partial charge in [0.05, 0.1) is 13.1 Å². The van der Waals surface area contributed by atoms with Crippen LogP contribution in [0.25, 0.3) is 6.08 Å². The lowest BCUT2D eigenvalue weighted by Gasteiger charge is -2.32. The molecule has 0 radical (unpaired) electrons. The predicted molar refractivity (Wildman–Crippen MR) is 98.5 cm³/mol. The summed E-state index contributed by atoms with van der Waals surface area (Å²) < 4.78 is 0. The van der Waals surface area contributed by atoms with E-state index in [-0.39, 0.29) is 5.91 Å². The molecule has 2 aliphatic rings. The van der Waals surface area contributed by atoms with Crippen LogP contribution in [0.2, 0.25) is 0 Å². The Labute approximate surface area is 145 Å². The molecule has 1 aromatic rings. The molecule has 1 unspecified atom stereocenters.